The van der Waals surface area contributed by atoms with Crippen LogP contribution in [0.25, 0.3) is 0 Å². The van der Waals surface area contributed by atoms with Gasteiger partial charge in [-0.3, -0.25) is 4.99 Å². The number of ether oxygens (including phenoxy) is 1. The van der Waals surface area contributed by atoms with Crippen LogP contribution < -0.4 is 10.6 Å². The smallest absolute Gasteiger partial charge is 0.191 e. The normalized spacial score (nSPS) is 11.7. The first-order valence-electron chi connectivity index (χ1n) is 7.99. The van der Waals surface area contributed by atoms with Crippen molar-refractivity contribution in [3.63, 3.8) is 0 Å². The number of guanidine groups is 1. The summed E-state index contributed by atoms with van der Waals surface area (Å²) in [5, 5.41) is 6.63. The van der Waals surface area contributed by atoms with Gasteiger partial charge in [0.25, 0.3) is 0 Å². The maximum atomic E-state index is 5.04. The molecule has 0 unspecified atom stereocenters. The van der Waals surface area contributed by atoms with Gasteiger partial charge in [-0.15, -0.1) is 0 Å². The summed E-state index contributed by atoms with van der Waals surface area (Å²) in [4.78, 5) is 6.83. The van der Waals surface area contributed by atoms with Crippen LogP contribution in [0.15, 0.2) is 35.3 Å². The number of nitrogens with zero attached hydrogens (tertiary/aromatic N) is 2. The van der Waals surface area contributed by atoms with Gasteiger partial charge in [-0.1, -0.05) is 30.3 Å². The summed E-state index contributed by atoms with van der Waals surface area (Å²) in [5.41, 5.74) is 1.34. The largest absolute Gasteiger partial charge is 0.385 e. The fourth-order valence-corrected chi connectivity index (χ4v) is 2.08. The Hall–Kier alpha value is -1.59. The topological polar surface area (TPSA) is 48.9 Å². The number of nitrogens with one attached hydrogen (secondary N) is 2. The zero-order chi connectivity index (χ0) is 16.0. The van der Waals surface area contributed by atoms with Gasteiger partial charge in [0.1, 0.15) is 0 Å². The molecule has 22 heavy (non-hydrogen) atoms. The number of likely N-dealkylation sites (N-methyl/N-ethyl adjacent to an activating group) is 1. The van der Waals surface area contributed by atoms with Crippen LogP contribution in [-0.4, -0.2) is 57.8 Å². The molecule has 2 N–H and O–H groups in total. The third-order valence-electron chi connectivity index (χ3n) is 3.20. The number of rotatable bonds is 10. The average molecular weight is 306 g/mol. The third-order valence-corrected chi connectivity index (χ3v) is 3.20. The van der Waals surface area contributed by atoms with Crippen LogP contribution in [0, 0.1) is 0 Å². The van der Waals surface area contributed by atoms with Gasteiger partial charge in [0.2, 0.25) is 0 Å². The Morgan fingerprint density at radius 3 is 2.68 bits per heavy atom. The summed E-state index contributed by atoms with van der Waals surface area (Å²) in [7, 11) is 3.85. The molecule has 1 aromatic rings. The van der Waals surface area contributed by atoms with Crippen molar-refractivity contribution >= 4 is 5.96 Å². The van der Waals surface area contributed by atoms with Crippen molar-refractivity contribution in [1.29, 1.82) is 0 Å². The molecule has 0 aliphatic carbocycles. The first-order valence-corrected chi connectivity index (χ1v) is 7.99. The first kappa shape index (κ1) is 18.5. The quantitative estimate of drug-likeness (QED) is 0.392. The van der Waals surface area contributed by atoms with Gasteiger partial charge in [-0.2, -0.15) is 0 Å². The second kappa shape index (κ2) is 12.0. The molecule has 0 bridgehead atoms. The zero-order valence-corrected chi connectivity index (χ0v) is 14.1. The van der Waals surface area contributed by atoms with Gasteiger partial charge in [-0.25, -0.2) is 0 Å². The summed E-state index contributed by atoms with van der Waals surface area (Å²) in [6, 6.07) is 10.5. The molecule has 0 amide bonds. The van der Waals surface area contributed by atoms with Gasteiger partial charge < -0.3 is 20.3 Å². The standard InChI is InChI=1S/C17H30N4O/c1-4-18-17(19-11-8-14-22-3)20-12-13-21(2)15-16-9-6-5-7-10-16/h5-7,9-10H,4,8,11-15H2,1-3H3,(H2,18,19,20). The van der Waals surface area contributed by atoms with Gasteiger partial charge in [0.15, 0.2) is 5.96 Å². The minimum absolute atomic E-state index is 0.753. The molecule has 0 radical (unpaired) electrons. The van der Waals surface area contributed by atoms with Crippen molar-refractivity contribution in [3.05, 3.63) is 35.9 Å². The number of hydrogen-bond acceptors (Lipinski definition) is 3. The fraction of sp³-hybridized carbons (Fsp3) is 0.588. The molecule has 0 aromatic heterocycles. The van der Waals surface area contributed by atoms with Crippen LogP contribution in [0.3, 0.4) is 0 Å². The highest BCUT2D eigenvalue weighted by molar-refractivity contribution is 5.79. The molecule has 0 fully saturated rings. The summed E-state index contributed by atoms with van der Waals surface area (Å²) in [5.74, 6) is 0.881. The van der Waals surface area contributed by atoms with Crippen LogP contribution >= 0.6 is 0 Å². The van der Waals surface area contributed by atoms with Crippen molar-refractivity contribution in [2.75, 3.05) is 46.9 Å². The summed E-state index contributed by atoms with van der Waals surface area (Å²) in [6.07, 6.45) is 0.945. The second-order valence-corrected chi connectivity index (χ2v) is 5.26. The molecule has 0 aliphatic rings. The Morgan fingerprint density at radius 1 is 1.23 bits per heavy atom. The molecule has 0 atom stereocenters. The van der Waals surface area contributed by atoms with Gasteiger partial charge >= 0.3 is 0 Å². The van der Waals surface area contributed by atoms with Crippen molar-refractivity contribution in [1.82, 2.24) is 15.5 Å². The van der Waals surface area contributed by atoms with Crippen LogP contribution in [0.5, 0.6) is 0 Å². The summed E-state index contributed by atoms with van der Waals surface area (Å²) < 4.78 is 5.04. The lowest BCUT2D eigenvalue weighted by Gasteiger charge is -2.18. The van der Waals surface area contributed by atoms with E-state index < -0.39 is 0 Å². The highest BCUT2D eigenvalue weighted by Crippen LogP contribution is 2.01. The minimum Gasteiger partial charge on any atom is -0.385 e. The maximum absolute atomic E-state index is 5.04. The predicted molar refractivity (Wildman–Crippen MR) is 93.3 cm³/mol. The van der Waals surface area contributed by atoms with Crippen LogP contribution in [0.4, 0.5) is 0 Å². The van der Waals surface area contributed by atoms with Crippen LogP contribution in [0.1, 0.15) is 18.9 Å². The van der Waals surface area contributed by atoms with E-state index >= 15 is 0 Å². The molecule has 5 heteroatoms. The van der Waals surface area contributed by atoms with E-state index in [9.17, 15) is 0 Å². The SMILES string of the molecule is CCNC(=NCCCOC)NCCN(C)Cc1ccccc1. The molecule has 0 heterocycles. The molecular weight excluding hydrogens is 276 g/mol. The number of methoxy groups -OCH3 is 1. The Labute approximate surface area is 134 Å². The Kier molecular flexibility index (Phi) is 10.1. The van der Waals surface area contributed by atoms with Crippen molar-refractivity contribution in [2.24, 2.45) is 4.99 Å². The highest BCUT2D eigenvalue weighted by Gasteiger charge is 2.01. The third kappa shape index (κ3) is 8.64. The van der Waals surface area contributed by atoms with Crippen LogP contribution in [0.2, 0.25) is 0 Å². The molecule has 124 valence electrons. The molecular formula is C17H30N4O. The van der Waals surface area contributed by atoms with Gasteiger partial charge in [-0.05, 0) is 26.0 Å². The minimum atomic E-state index is 0.753. The van der Waals surface area contributed by atoms with E-state index in [1.807, 2.05) is 6.07 Å². The Balaban J connectivity index is 2.26. The van der Waals surface area contributed by atoms with E-state index in [0.29, 0.717) is 0 Å². The van der Waals surface area contributed by atoms with Crippen molar-refractivity contribution in [2.45, 2.75) is 19.9 Å². The average Bonchev–Trinajstić information content (AvgIpc) is 2.52. The summed E-state index contributed by atoms with van der Waals surface area (Å²) in [6.45, 7) is 7.29. The lowest BCUT2D eigenvalue weighted by molar-refractivity contribution is 0.197. The zero-order valence-electron chi connectivity index (χ0n) is 14.1. The van der Waals surface area contributed by atoms with E-state index in [2.05, 4.69) is 58.8 Å². The van der Waals surface area contributed by atoms with Gasteiger partial charge in [0.05, 0.1) is 0 Å². The molecule has 0 saturated carbocycles. The maximum Gasteiger partial charge on any atom is 0.191 e. The van der Waals surface area contributed by atoms with E-state index in [-0.39, 0.29) is 0 Å². The molecule has 0 aliphatic heterocycles. The summed E-state index contributed by atoms with van der Waals surface area (Å²) >= 11 is 0. The first-order chi connectivity index (χ1) is 10.8. The Bertz CT molecular complexity index is 408. The molecule has 0 saturated heterocycles. The van der Waals surface area contributed by atoms with Crippen LogP contribution in [-0.2, 0) is 11.3 Å². The highest BCUT2D eigenvalue weighted by atomic mass is 16.5. The van der Waals surface area contributed by atoms with E-state index in [1.54, 1.807) is 7.11 Å². The molecule has 5 nitrogen and oxygen atoms in total. The molecule has 1 aromatic carbocycles. The predicted octanol–water partition coefficient (Wildman–Crippen LogP) is 1.71. The number of hydrogen-bond donors (Lipinski definition) is 2. The number of benzene rings is 1. The lowest BCUT2D eigenvalue weighted by atomic mass is 10.2. The molecule has 1 rings (SSSR count). The fourth-order valence-electron chi connectivity index (χ4n) is 2.08. The molecule has 0 spiro atoms. The van der Waals surface area contributed by atoms with E-state index in [1.165, 1.54) is 5.56 Å². The second-order valence-electron chi connectivity index (χ2n) is 5.26. The van der Waals surface area contributed by atoms with Gasteiger partial charge in [0, 0.05) is 46.4 Å². The Morgan fingerprint density at radius 2 is 2.00 bits per heavy atom. The van der Waals surface area contributed by atoms with E-state index in [0.717, 1.165) is 51.7 Å². The number of aliphatic imine (C=N–C) groups is 1. The van der Waals surface area contributed by atoms with Crippen molar-refractivity contribution in [3.8, 4) is 0 Å². The lowest BCUT2D eigenvalue weighted by Crippen LogP contribution is -2.41. The monoisotopic (exact) mass is 306 g/mol. The van der Waals surface area contributed by atoms with Crippen molar-refractivity contribution < 1.29 is 4.74 Å². The van der Waals surface area contributed by atoms with E-state index in [4.69, 9.17) is 4.74 Å².